The number of carbonyl (C=O) groups is 1. The molecule has 2 rings (SSSR count). The number of benzene rings is 2. The fraction of sp³-hybridized carbons (Fsp3) is 0.188. The van der Waals surface area contributed by atoms with Gasteiger partial charge in [-0.2, -0.15) is 0 Å². The van der Waals surface area contributed by atoms with E-state index in [2.05, 4.69) is 0 Å². The molecule has 98 valence electrons. The maximum absolute atomic E-state index is 14.0. The number of hydrogen-bond acceptors (Lipinski definition) is 2. The molecular formula is C16H15FO2. The molecular weight excluding hydrogens is 243 g/mol. The van der Waals surface area contributed by atoms with Crippen LogP contribution in [0.2, 0.25) is 0 Å². The van der Waals surface area contributed by atoms with Crippen molar-refractivity contribution in [1.82, 2.24) is 0 Å². The van der Waals surface area contributed by atoms with Crippen LogP contribution in [0.1, 0.15) is 21.5 Å². The number of carbonyl (C=O) groups excluding carboxylic acids is 1. The van der Waals surface area contributed by atoms with Crippen molar-refractivity contribution in [2.45, 2.75) is 13.8 Å². The van der Waals surface area contributed by atoms with Crippen LogP contribution in [0.5, 0.6) is 5.75 Å². The third kappa shape index (κ3) is 2.50. The summed E-state index contributed by atoms with van der Waals surface area (Å²) >= 11 is 0. The Morgan fingerprint density at radius 2 is 1.74 bits per heavy atom. The van der Waals surface area contributed by atoms with E-state index in [1.54, 1.807) is 19.2 Å². The summed E-state index contributed by atoms with van der Waals surface area (Å²) < 4.78 is 19.3. The van der Waals surface area contributed by atoms with E-state index in [0.717, 1.165) is 22.4 Å². The Morgan fingerprint density at radius 1 is 1.11 bits per heavy atom. The Labute approximate surface area is 111 Å². The van der Waals surface area contributed by atoms with Crippen molar-refractivity contribution in [3.8, 4) is 16.9 Å². The largest absolute Gasteiger partial charge is 0.496 e. The number of hydrogen-bond donors (Lipinski definition) is 0. The summed E-state index contributed by atoms with van der Waals surface area (Å²) in [7, 11) is 1.62. The zero-order valence-corrected chi connectivity index (χ0v) is 11.2. The molecule has 0 aliphatic rings. The number of halogens is 1. The van der Waals surface area contributed by atoms with E-state index >= 15 is 0 Å². The van der Waals surface area contributed by atoms with Crippen LogP contribution in [0.15, 0.2) is 30.3 Å². The van der Waals surface area contributed by atoms with Crippen LogP contribution in [-0.4, -0.2) is 13.4 Å². The molecule has 0 fully saturated rings. The minimum absolute atomic E-state index is 0.336. The molecule has 0 aliphatic carbocycles. The average molecular weight is 258 g/mol. The summed E-state index contributed by atoms with van der Waals surface area (Å²) in [5, 5.41) is 0. The molecule has 0 radical (unpaired) electrons. The van der Waals surface area contributed by atoms with Crippen molar-refractivity contribution in [2.24, 2.45) is 0 Å². The SMILES string of the molecule is COc1c(C)cc(-c2ccc(C=O)cc2F)cc1C. The van der Waals surface area contributed by atoms with Gasteiger partial charge in [-0.25, -0.2) is 4.39 Å². The summed E-state index contributed by atoms with van der Waals surface area (Å²) in [4.78, 5) is 10.6. The standard InChI is InChI=1S/C16H15FO2/c1-10-6-13(7-11(2)16(10)19-3)14-5-4-12(9-18)8-15(14)17/h4-9H,1-3H3. The lowest BCUT2D eigenvalue weighted by Gasteiger charge is -2.12. The van der Waals surface area contributed by atoms with Gasteiger partial charge in [0.1, 0.15) is 17.9 Å². The first-order valence-corrected chi connectivity index (χ1v) is 5.97. The van der Waals surface area contributed by atoms with Crippen LogP contribution in [0.4, 0.5) is 4.39 Å². The minimum Gasteiger partial charge on any atom is -0.496 e. The van der Waals surface area contributed by atoms with Crippen LogP contribution in [-0.2, 0) is 0 Å². The van der Waals surface area contributed by atoms with Crippen LogP contribution in [0.3, 0.4) is 0 Å². The fourth-order valence-electron chi connectivity index (χ4n) is 2.27. The maximum Gasteiger partial charge on any atom is 0.150 e. The maximum atomic E-state index is 14.0. The Morgan fingerprint density at radius 3 is 2.21 bits per heavy atom. The fourth-order valence-corrected chi connectivity index (χ4v) is 2.27. The van der Waals surface area contributed by atoms with Crippen molar-refractivity contribution < 1.29 is 13.9 Å². The molecule has 0 heterocycles. The second-order valence-corrected chi connectivity index (χ2v) is 4.50. The van der Waals surface area contributed by atoms with Crippen molar-refractivity contribution >= 4 is 6.29 Å². The molecule has 2 aromatic carbocycles. The number of aryl methyl sites for hydroxylation is 2. The van der Waals surface area contributed by atoms with Gasteiger partial charge < -0.3 is 4.74 Å². The predicted octanol–water partition coefficient (Wildman–Crippen LogP) is 3.93. The molecule has 0 aromatic heterocycles. The zero-order chi connectivity index (χ0) is 14.0. The summed E-state index contributed by atoms with van der Waals surface area (Å²) in [6.45, 7) is 3.85. The molecule has 2 nitrogen and oxygen atoms in total. The summed E-state index contributed by atoms with van der Waals surface area (Å²) in [6, 6.07) is 8.24. The van der Waals surface area contributed by atoms with E-state index in [4.69, 9.17) is 4.74 Å². The van der Waals surface area contributed by atoms with Gasteiger partial charge in [-0.1, -0.05) is 12.1 Å². The Hall–Kier alpha value is -2.16. The molecule has 0 saturated heterocycles. The van der Waals surface area contributed by atoms with Gasteiger partial charge in [0, 0.05) is 11.1 Å². The van der Waals surface area contributed by atoms with Gasteiger partial charge >= 0.3 is 0 Å². The Bertz CT molecular complexity index is 610. The quantitative estimate of drug-likeness (QED) is 0.780. The van der Waals surface area contributed by atoms with Crippen LogP contribution < -0.4 is 4.74 Å². The number of aldehydes is 1. The molecule has 0 N–H and O–H groups in total. The van der Waals surface area contributed by atoms with Crippen LogP contribution in [0.25, 0.3) is 11.1 Å². The van der Waals surface area contributed by atoms with Gasteiger partial charge in [0.15, 0.2) is 0 Å². The average Bonchev–Trinajstić information content (AvgIpc) is 2.38. The van der Waals surface area contributed by atoms with Gasteiger partial charge in [0.05, 0.1) is 7.11 Å². The second kappa shape index (κ2) is 5.22. The molecule has 0 saturated carbocycles. The number of rotatable bonds is 3. The lowest BCUT2D eigenvalue weighted by atomic mass is 9.98. The zero-order valence-electron chi connectivity index (χ0n) is 11.2. The van der Waals surface area contributed by atoms with E-state index in [0.29, 0.717) is 17.4 Å². The van der Waals surface area contributed by atoms with Crippen molar-refractivity contribution in [2.75, 3.05) is 7.11 Å². The highest BCUT2D eigenvalue weighted by Crippen LogP contribution is 2.31. The molecule has 0 spiro atoms. The van der Waals surface area contributed by atoms with E-state index < -0.39 is 5.82 Å². The Balaban J connectivity index is 2.56. The molecule has 0 aliphatic heterocycles. The molecule has 0 unspecified atom stereocenters. The topological polar surface area (TPSA) is 26.3 Å². The third-order valence-electron chi connectivity index (χ3n) is 3.10. The predicted molar refractivity (Wildman–Crippen MR) is 73.2 cm³/mol. The molecule has 0 amide bonds. The monoisotopic (exact) mass is 258 g/mol. The van der Waals surface area contributed by atoms with Crippen molar-refractivity contribution in [3.63, 3.8) is 0 Å². The van der Waals surface area contributed by atoms with E-state index in [1.165, 1.54) is 6.07 Å². The normalized spacial score (nSPS) is 10.3. The first-order chi connectivity index (χ1) is 9.06. The highest BCUT2D eigenvalue weighted by molar-refractivity contribution is 5.77. The highest BCUT2D eigenvalue weighted by Gasteiger charge is 2.10. The van der Waals surface area contributed by atoms with Gasteiger partial charge in [-0.15, -0.1) is 0 Å². The van der Waals surface area contributed by atoms with E-state index in [-0.39, 0.29) is 0 Å². The minimum atomic E-state index is -0.395. The lowest BCUT2D eigenvalue weighted by molar-refractivity contribution is 0.112. The smallest absolute Gasteiger partial charge is 0.150 e. The number of ether oxygens (including phenoxy) is 1. The van der Waals surface area contributed by atoms with E-state index in [9.17, 15) is 9.18 Å². The number of methoxy groups -OCH3 is 1. The second-order valence-electron chi connectivity index (χ2n) is 4.50. The molecule has 3 heteroatoms. The summed E-state index contributed by atoms with van der Waals surface area (Å²) in [5.74, 6) is 0.419. The van der Waals surface area contributed by atoms with Gasteiger partial charge in [0.25, 0.3) is 0 Å². The van der Waals surface area contributed by atoms with Crippen LogP contribution in [0, 0.1) is 19.7 Å². The Kier molecular flexibility index (Phi) is 3.65. The van der Waals surface area contributed by atoms with Crippen molar-refractivity contribution in [3.05, 3.63) is 52.8 Å². The summed E-state index contributed by atoms with van der Waals surface area (Å²) in [6.07, 6.45) is 0.636. The first-order valence-electron chi connectivity index (χ1n) is 5.97. The molecule has 2 aromatic rings. The summed E-state index contributed by atoms with van der Waals surface area (Å²) in [5.41, 5.74) is 3.51. The van der Waals surface area contributed by atoms with Crippen LogP contribution >= 0.6 is 0 Å². The van der Waals surface area contributed by atoms with Gasteiger partial charge in [-0.3, -0.25) is 4.79 Å². The molecule has 0 bridgehead atoms. The third-order valence-corrected chi connectivity index (χ3v) is 3.10. The van der Waals surface area contributed by atoms with Crippen molar-refractivity contribution in [1.29, 1.82) is 0 Å². The van der Waals surface area contributed by atoms with E-state index in [1.807, 2.05) is 26.0 Å². The highest BCUT2D eigenvalue weighted by atomic mass is 19.1. The lowest BCUT2D eigenvalue weighted by Crippen LogP contribution is -1.94. The van der Waals surface area contributed by atoms with Gasteiger partial charge in [0.2, 0.25) is 0 Å². The van der Waals surface area contributed by atoms with Gasteiger partial charge in [-0.05, 0) is 48.7 Å². The molecule has 19 heavy (non-hydrogen) atoms. The molecule has 0 atom stereocenters. The first kappa shape index (κ1) is 13.3.